The molecule has 1 aromatic carbocycles. The molecular weight excluding hydrogens is 412 g/mol. The summed E-state index contributed by atoms with van der Waals surface area (Å²) in [5.41, 5.74) is 0.257. The number of hydrogen-bond acceptors (Lipinski definition) is 6. The van der Waals surface area contributed by atoms with E-state index in [9.17, 15) is 9.59 Å². The van der Waals surface area contributed by atoms with Crippen LogP contribution in [0.5, 0.6) is 0 Å². The van der Waals surface area contributed by atoms with Gasteiger partial charge in [-0.15, -0.1) is 10.2 Å². The van der Waals surface area contributed by atoms with E-state index in [2.05, 4.69) is 36.8 Å². The summed E-state index contributed by atoms with van der Waals surface area (Å²) in [6.07, 6.45) is 0. The van der Waals surface area contributed by atoms with Crippen LogP contribution in [0.2, 0.25) is 0 Å². The molecule has 0 spiro atoms. The SMILES string of the molecule is CC(C)(C)NC(=O)CSc1nnc(NC(=O)c2ccccc2Br)s1. The van der Waals surface area contributed by atoms with Crippen LogP contribution < -0.4 is 10.6 Å². The van der Waals surface area contributed by atoms with Gasteiger partial charge in [-0.3, -0.25) is 14.9 Å². The summed E-state index contributed by atoms with van der Waals surface area (Å²) in [6.45, 7) is 5.78. The number of thioether (sulfide) groups is 1. The molecule has 0 unspecified atom stereocenters. The predicted octanol–water partition coefficient (Wildman–Crippen LogP) is 3.56. The van der Waals surface area contributed by atoms with Crippen LogP contribution in [0.3, 0.4) is 0 Å². The summed E-state index contributed by atoms with van der Waals surface area (Å²) in [7, 11) is 0. The number of aromatic nitrogens is 2. The minimum Gasteiger partial charge on any atom is -0.351 e. The van der Waals surface area contributed by atoms with E-state index < -0.39 is 0 Å². The fourth-order valence-electron chi connectivity index (χ4n) is 1.71. The Labute approximate surface area is 157 Å². The van der Waals surface area contributed by atoms with Crippen LogP contribution in [-0.2, 0) is 4.79 Å². The molecule has 1 heterocycles. The molecule has 0 bridgehead atoms. The van der Waals surface area contributed by atoms with E-state index in [1.54, 1.807) is 18.2 Å². The van der Waals surface area contributed by atoms with Gasteiger partial charge < -0.3 is 5.32 Å². The lowest BCUT2D eigenvalue weighted by molar-refractivity contribution is -0.119. The van der Waals surface area contributed by atoms with Gasteiger partial charge in [0.05, 0.1) is 11.3 Å². The molecule has 128 valence electrons. The molecule has 2 aromatic rings. The molecule has 0 fully saturated rings. The van der Waals surface area contributed by atoms with Gasteiger partial charge in [0.25, 0.3) is 5.91 Å². The monoisotopic (exact) mass is 428 g/mol. The number of halogens is 1. The van der Waals surface area contributed by atoms with Crippen LogP contribution >= 0.6 is 39.0 Å². The maximum absolute atomic E-state index is 12.2. The number of nitrogens with zero attached hydrogens (tertiary/aromatic N) is 2. The number of carbonyl (C=O) groups excluding carboxylic acids is 2. The van der Waals surface area contributed by atoms with Crippen molar-refractivity contribution in [3.63, 3.8) is 0 Å². The Hall–Kier alpha value is -1.45. The average molecular weight is 429 g/mol. The molecule has 0 saturated carbocycles. The Morgan fingerprint density at radius 3 is 2.62 bits per heavy atom. The van der Waals surface area contributed by atoms with Crippen LogP contribution in [-0.4, -0.2) is 33.3 Å². The van der Waals surface area contributed by atoms with Crippen molar-refractivity contribution in [2.45, 2.75) is 30.6 Å². The molecule has 0 aliphatic heterocycles. The minimum atomic E-state index is -0.263. The topological polar surface area (TPSA) is 84.0 Å². The summed E-state index contributed by atoms with van der Waals surface area (Å²) in [5, 5.41) is 13.9. The van der Waals surface area contributed by atoms with Crippen LogP contribution in [0.25, 0.3) is 0 Å². The van der Waals surface area contributed by atoms with Gasteiger partial charge in [0.2, 0.25) is 11.0 Å². The van der Waals surface area contributed by atoms with E-state index in [0.717, 1.165) is 0 Å². The van der Waals surface area contributed by atoms with Crippen molar-refractivity contribution < 1.29 is 9.59 Å². The second-order valence-corrected chi connectivity index (χ2v) is 8.95. The van der Waals surface area contributed by atoms with Gasteiger partial charge in [-0.05, 0) is 48.8 Å². The first-order valence-corrected chi connectivity index (χ1v) is 9.67. The number of anilines is 1. The zero-order valence-electron chi connectivity index (χ0n) is 13.4. The van der Waals surface area contributed by atoms with Crippen LogP contribution in [0.1, 0.15) is 31.1 Å². The highest BCUT2D eigenvalue weighted by Gasteiger charge is 2.16. The summed E-state index contributed by atoms with van der Waals surface area (Å²) in [6, 6.07) is 7.13. The lowest BCUT2D eigenvalue weighted by Gasteiger charge is -2.19. The van der Waals surface area contributed by atoms with Crippen LogP contribution in [0, 0.1) is 0 Å². The fourth-order valence-corrected chi connectivity index (χ4v) is 3.72. The molecule has 0 radical (unpaired) electrons. The number of nitrogens with one attached hydrogen (secondary N) is 2. The third-order valence-electron chi connectivity index (χ3n) is 2.59. The molecule has 0 saturated heterocycles. The highest BCUT2D eigenvalue weighted by Crippen LogP contribution is 2.26. The number of carbonyl (C=O) groups is 2. The molecule has 0 aliphatic rings. The number of hydrogen-bond donors (Lipinski definition) is 2. The maximum atomic E-state index is 12.2. The maximum Gasteiger partial charge on any atom is 0.258 e. The highest BCUT2D eigenvalue weighted by atomic mass is 79.9. The van der Waals surface area contributed by atoms with E-state index in [4.69, 9.17) is 0 Å². The molecule has 2 amide bonds. The largest absolute Gasteiger partial charge is 0.351 e. The summed E-state index contributed by atoms with van der Waals surface area (Å²) >= 11 is 5.86. The molecule has 2 N–H and O–H groups in total. The van der Waals surface area contributed by atoms with Gasteiger partial charge in [-0.1, -0.05) is 35.2 Å². The molecule has 2 rings (SSSR count). The van der Waals surface area contributed by atoms with Crippen molar-refractivity contribution >= 4 is 56.0 Å². The van der Waals surface area contributed by atoms with Gasteiger partial charge >= 0.3 is 0 Å². The quantitative estimate of drug-likeness (QED) is 0.561. The van der Waals surface area contributed by atoms with Crippen LogP contribution in [0.15, 0.2) is 33.1 Å². The van der Waals surface area contributed by atoms with Crippen molar-refractivity contribution in [1.82, 2.24) is 15.5 Å². The average Bonchev–Trinajstić information content (AvgIpc) is 2.91. The molecule has 9 heteroatoms. The molecule has 1 aromatic heterocycles. The van der Waals surface area contributed by atoms with E-state index in [1.165, 1.54) is 23.1 Å². The Morgan fingerprint density at radius 1 is 1.25 bits per heavy atom. The van der Waals surface area contributed by atoms with Gasteiger partial charge in [-0.2, -0.15) is 0 Å². The lowest BCUT2D eigenvalue weighted by Crippen LogP contribution is -2.41. The first kappa shape index (κ1) is 18.9. The third kappa shape index (κ3) is 5.88. The number of benzene rings is 1. The molecular formula is C15H17BrN4O2S2. The normalized spacial score (nSPS) is 11.2. The smallest absolute Gasteiger partial charge is 0.258 e. The van der Waals surface area contributed by atoms with Crippen molar-refractivity contribution in [3.8, 4) is 0 Å². The second-order valence-electron chi connectivity index (χ2n) is 5.89. The second kappa shape index (κ2) is 8.09. The number of rotatable bonds is 5. The predicted molar refractivity (Wildman–Crippen MR) is 101 cm³/mol. The van der Waals surface area contributed by atoms with Crippen molar-refractivity contribution in [2.75, 3.05) is 11.1 Å². The van der Waals surface area contributed by atoms with E-state index in [-0.39, 0.29) is 23.1 Å². The van der Waals surface area contributed by atoms with Gasteiger partial charge in [0.1, 0.15) is 0 Å². The van der Waals surface area contributed by atoms with E-state index >= 15 is 0 Å². The Morgan fingerprint density at radius 2 is 1.96 bits per heavy atom. The highest BCUT2D eigenvalue weighted by molar-refractivity contribution is 9.10. The zero-order chi connectivity index (χ0) is 17.7. The van der Waals surface area contributed by atoms with Gasteiger partial charge in [-0.25, -0.2) is 0 Å². The van der Waals surface area contributed by atoms with Gasteiger partial charge in [0.15, 0.2) is 4.34 Å². The third-order valence-corrected chi connectivity index (χ3v) is 5.25. The molecule has 0 aliphatic carbocycles. The van der Waals surface area contributed by atoms with Crippen molar-refractivity contribution in [3.05, 3.63) is 34.3 Å². The Kier molecular flexibility index (Phi) is 6.36. The Balaban J connectivity index is 1.90. The summed E-state index contributed by atoms with van der Waals surface area (Å²) in [4.78, 5) is 24.0. The lowest BCUT2D eigenvalue weighted by atomic mass is 10.1. The summed E-state index contributed by atoms with van der Waals surface area (Å²) in [5.74, 6) is -0.0773. The number of amides is 2. The van der Waals surface area contributed by atoms with Crippen LogP contribution in [0.4, 0.5) is 5.13 Å². The van der Waals surface area contributed by atoms with Crippen molar-refractivity contribution in [1.29, 1.82) is 0 Å². The fraction of sp³-hybridized carbons (Fsp3) is 0.333. The molecule has 6 nitrogen and oxygen atoms in total. The first-order chi connectivity index (χ1) is 11.2. The van der Waals surface area contributed by atoms with E-state index in [0.29, 0.717) is 19.5 Å². The standard InChI is InChI=1S/C15H17BrN4O2S2/c1-15(2,3)18-11(21)8-23-14-20-19-13(24-14)17-12(22)9-6-4-5-7-10(9)16/h4-7H,8H2,1-3H3,(H,18,21)(H,17,19,22). The Bertz CT molecular complexity index is 743. The summed E-state index contributed by atoms with van der Waals surface area (Å²) < 4.78 is 1.34. The van der Waals surface area contributed by atoms with Gasteiger partial charge in [0, 0.05) is 10.0 Å². The molecule has 24 heavy (non-hydrogen) atoms. The first-order valence-electron chi connectivity index (χ1n) is 7.08. The zero-order valence-corrected chi connectivity index (χ0v) is 16.6. The molecule has 0 atom stereocenters. The minimum absolute atomic E-state index is 0.0681. The van der Waals surface area contributed by atoms with Crippen molar-refractivity contribution in [2.24, 2.45) is 0 Å². The van der Waals surface area contributed by atoms with E-state index in [1.807, 2.05) is 26.8 Å².